The van der Waals surface area contributed by atoms with Gasteiger partial charge in [0.2, 0.25) is 5.91 Å². The summed E-state index contributed by atoms with van der Waals surface area (Å²) in [6, 6.07) is 1.96. The molecule has 4 nitrogen and oxygen atoms in total. The summed E-state index contributed by atoms with van der Waals surface area (Å²) in [5, 5.41) is 8.28. The first-order valence-corrected chi connectivity index (χ1v) is 5.71. The van der Waals surface area contributed by atoms with E-state index in [9.17, 15) is 9.00 Å². The van der Waals surface area contributed by atoms with Gasteiger partial charge in [-0.3, -0.25) is 9.00 Å². The maximum atomic E-state index is 11.2. The molecule has 0 N–H and O–H groups in total. The summed E-state index contributed by atoms with van der Waals surface area (Å²) in [4.78, 5) is 12.7. The molecule has 0 spiro atoms. The van der Waals surface area contributed by atoms with Crippen molar-refractivity contribution in [3.63, 3.8) is 0 Å². The summed E-state index contributed by atoms with van der Waals surface area (Å²) in [7, 11) is 0.730. The maximum Gasteiger partial charge on any atom is 0.223 e. The highest BCUT2D eigenvalue weighted by Gasteiger charge is 2.08. The Bertz CT molecular complexity index is 235. The molecule has 5 heteroatoms. The molecule has 13 heavy (non-hydrogen) atoms. The number of nitrogens with zero attached hydrogens (tertiary/aromatic N) is 2. The van der Waals surface area contributed by atoms with Crippen LogP contribution >= 0.6 is 0 Å². The minimum absolute atomic E-state index is 0.0505. The quantitative estimate of drug-likeness (QED) is 0.636. The zero-order valence-corrected chi connectivity index (χ0v) is 8.76. The van der Waals surface area contributed by atoms with Crippen LogP contribution in [0.5, 0.6) is 0 Å². The van der Waals surface area contributed by atoms with E-state index in [1.807, 2.05) is 6.07 Å². The average molecular weight is 202 g/mol. The lowest BCUT2D eigenvalue weighted by atomic mass is 10.3. The second-order valence-corrected chi connectivity index (χ2v) is 4.31. The van der Waals surface area contributed by atoms with Crippen LogP contribution in [0.2, 0.25) is 0 Å². The Morgan fingerprint density at radius 2 is 2.23 bits per heavy atom. The van der Waals surface area contributed by atoms with E-state index >= 15 is 0 Å². The number of rotatable bonds is 5. The van der Waals surface area contributed by atoms with Crippen molar-refractivity contribution >= 4 is 16.7 Å². The number of hydrogen-bond acceptors (Lipinski definition) is 3. The van der Waals surface area contributed by atoms with Crippen LogP contribution in [-0.4, -0.2) is 40.6 Å². The summed E-state index contributed by atoms with van der Waals surface area (Å²) in [6.45, 7) is 0.450. The first-order valence-electron chi connectivity index (χ1n) is 3.99. The first kappa shape index (κ1) is 12.1. The number of hydrogen-bond donors (Lipinski definition) is 0. The van der Waals surface area contributed by atoms with Crippen LogP contribution in [0.3, 0.4) is 0 Å². The monoisotopic (exact) mass is 202 g/mol. The highest BCUT2D eigenvalue weighted by molar-refractivity contribution is 7.84. The van der Waals surface area contributed by atoms with E-state index in [2.05, 4.69) is 0 Å². The lowest BCUT2D eigenvalue weighted by Gasteiger charge is -2.14. The standard InChI is InChI=1S/C8H14N2O2S/c1-10(6-3-5-9)8(11)4-7-13(2)12/h3-4,6-7H2,1-2H3. The Kier molecular flexibility index (Phi) is 6.15. The molecule has 0 aromatic rings. The van der Waals surface area contributed by atoms with Crippen molar-refractivity contribution in [2.75, 3.05) is 25.6 Å². The molecule has 0 saturated heterocycles. The molecule has 1 unspecified atom stereocenters. The van der Waals surface area contributed by atoms with Crippen LogP contribution in [0.1, 0.15) is 12.8 Å². The molecule has 1 atom stereocenters. The first-order chi connectivity index (χ1) is 6.07. The van der Waals surface area contributed by atoms with Crippen LogP contribution in [0.4, 0.5) is 0 Å². The smallest absolute Gasteiger partial charge is 0.223 e. The fourth-order valence-corrected chi connectivity index (χ4v) is 1.23. The van der Waals surface area contributed by atoms with E-state index in [-0.39, 0.29) is 5.91 Å². The minimum atomic E-state index is -0.921. The predicted octanol–water partition coefficient (Wildman–Crippen LogP) is 0.127. The Labute approximate surface area is 81.0 Å². The third-order valence-electron chi connectivity index (χ3n) is 1.59. The van der Waals surface area contributed by atoms with Crippen molar-refractivity contribution in [1.29, 1.82) is 5.26 Å². The Hall–Kier alpha value is -0.890. The maximum absolute atomic E-state index is 11.2. The average Bonchev–Trinajstić information content (AvgIpc) is 2.10. The van der Waals surface area contributed by atoms with Gasteiger partial charge in [-0.25, -0.2) is 0 Å². The lowest BCUT2D eigenvalue weighted by molar-refractivity contribution is -0.129. The summed E-state index contributed by atoms with van der Waals surface area (Å²) in [5.41, 5.74) is 0. The third kappa shape index (κ3) is 6.29. The van der Waals surface area contributed by atoms with Gasteiger partial charge in [0.05, 0.1) is 12.5 Å². The highest BCUT2D eigenvalue weighted by atomic mass is 32.2. The Balaban J connectivity index is 3.70. The van der Waals surface area contributed by atoms with Crippen molar-refractivity contribution in [2.45, 2.75) is 12.8 Å². The number of carbonyl (C=O) groups excluding carboxylic acids is 1. The highest BCUT2D eigenvalue weighted by Crippen LogP contribution is 1.93. The topological polar surface area (TPSA) is 61.2 Å². The molecule has 0 aliphatic heterocycles. The molecule has 0 bridgehead atoms. The van der Waals surface area contributed by atoms with Crippen LogP contribution in [-0.2, 0) is 15.6 Å². The molecule has 0 heterocycles. The summed E-state index contributed by atoms with van der Waals surface area (Å²) in [5.74, 6) is 0.348. The predicted molar refractivity (Wildman–Crippen MR) is 51.4 cm³/mol. The molecule has 0 aromatic carbocycles. The normalized spacial score (nSPS) is 11.8. The van der Waals surface area contributed by atoms with Gasteiger partial charge in [0.15, 0.2) is 0 Å². The van der Waals surface area contributed by atoms with Gasteiger partial charge in [0.1, 0.15) is 0 Å². The van der Waals surface area contributed by atoms with Crippen molar-refractivity contribution in [1.82, 2.24) is 4.90 Å². The SMILES string of the molecule is CN(CCC#N)C(=O)CCS(C)=O. The van der Waals surface area contributed by atoms with Gasteiger partial charge in [-0.2, -0.15) is 5.26 Å². The molecule has 0 saturated carbocycles. The van der Waals surface area contributed by atoms with Crippen molar-refractivity contribution in [2.24, 2.45) is 0 Å². The van der Waals surface area contributed by atoms with Crippen LogP contribution in [0.15, 0.2) is 0 Å². The van der Waals surface area contributed by atoms with E-state index in [1.165, 1.54) is 4.90 Å². The van der Waals surface area contributed by atoms with E-state index in [1.54, 1.807) is 13.3 Å². The molecular formula is C8H14N2O2S. The van der Waals surface area contributed by atoms with Gasteiger partial charge in [0.25, 0.3) is 0 Å². The van der Waals surface area contributed by atoms with E-state index in [4.69, 9.17) is 5.26 Å². The molecule has 1 amide bonds. The number of carbonyl (C=O) groups is 1. The van der Waals surface area contributed by atoms with Crippen LogP contribution in [0, 0.1) is 11.3 Å². The number of nitriles is 1. The second-order valence-electron chi connectivity index (χ2n) is 2.75. The van der Waals surface area contributed by atoms with Crippen molar-refractivity contribution in [3.05, 3.63) is 0 Å². The largest absolute Gasteiger partial charge is 0.345 e. The molecule has 0 aromatic heterocycles. The zero-order chi connectivity index (χ0) is 10.3. The molecule has 0 aliphatic rings. The fraction of sp³-hybridized carbons (Fsp3) is 0.750. The van der Waals surface area contributed by atoms with Gasteiger partial charge in [-0.1, -0.05) is 0 Å². The van der Waals surface area contributed by atoms with Crippen LogP contribution < -0.4 is 0 Å². The van der Waals surface area contributed by atoms with E-state index < -0.39 is 10.8 Å². The third-order valence-corrected chi connectivity index (χ3v) is 2.37. The van der Waals surface area contributed by atoms with Gasteiger partial charge in [0, 0.05) is 42.8 Å². The van der Waals surface area contributed by atoms with Crippen molar-refractivity contribution < 1.29 is 9.00 Å². The van der Waals surface area contributed by atoms with Gasteiger partial charge in [-0.05, 0) is 0 Å². The minimum Gasteiger partial charge on any atom is -0.345 e. The lowest BCUT2D eigenvalue weighted by Crippen LogP contribution is -2.28. The van der Waals surface area contributed by atoms with Gasteiger partial charge < -0.3 is 4.90 Å². The molecule has 74 valence electrons. The van der Waals surface area contributed by atoms with E-state index in [0.717, 1.165) is 0 Å². The fourth-order valence-electron chi connectivity index (χ4n) is 0.764. The summed E-state index contributed by atoms with van der Waals surface area (Å²) < 4.78 is 10.7. The zero-order valence-electron chi connectivity index (χ0n) is 7.95. The molecule has 0 aliphatic carbocycles. The van der Waals surface area contributed by atoms with Gasteiger partial charge >= 0.3 is 0 Å². The van der Waals surface area contributed by atoms with Gasteiger partial charge in [-0.15, -0.1) is 0 Å². The molecule has 0 radical (unpaired) electrons. The molecule has 0 fully saturated rings. The second kappa shape index (κ2) is 6.61. The summed E-state index contributed by atoms with van der Waals surface area (Å²) in [6.07, 6.45) is 2.21. The number of amides is 1. The molecular weight excluding hydrogens is 188 g/mol. The Morgan fingerprint density at radius 1 is 1.62 bits per heavy atom. The van der Waals surface area contributed by atoms with Crippen molar-refractivity contribution in [3.8, 4) is 6.07 Å². The Morgan fingerprint density at radius 3 is 2.69 bits per heavy atom. The molecule has 0 rings (SSSR count). The summed E-state index contributed by atoms with van der Waals surface area (Å²) >= 11 is 0. The van der Waals surface area contributed by atoms with Crippen LogP contribution in [0.25, 0.3) is 0 Å². The van der Waals surface area contributed by atoms with E-state index in [0.29, 0.717) is 25.1 Å².